The molecule has 0 saturated heterocycles. The summed E-state index contributed by atoms with van der Waals surface area (Å²) in [5.41, 5.74) is 3.02. The number of alkyl halides is 3. The highest BCUT2D eigenvalue weighted by atomic mass is 19.4. The van der Waals surface area contributed by atoms with Crippen LogP contribution in [0, 0.1) is 0 Å². The molecule has 2 aromatic carbocycles. The van der Waals surface area contributed by atoms with Crippen molar-refractivity contribution in [1.29, 1.82) is 0 Å². The molecule has 0 amide bonds. The third-order valence-electron chi connectivity index (χ3n) is 5.51. The summed E-state index contributed by atoms with van der Waals surface area (Å²) in [4.78, 5) is 0. The Balaban J connectivity index is 2.23. The van der Waals surface area contributed by atoms with E-state index in [0.29, 0.717) is 16.9 Å². The summed E-state index contributed by atoms with van der Waals surface area (Å²) in [6.07, 6.45) is -1.16. The summed E-state index contributed by atoms with van der Waals surface area (Å²) in [5, 5.41) is 22.1. The van der Waals surface area contributed by atoms with Gasteiger partial charge in [0, 0.05) is 28.7 Å². The molecular weight excluding hydrogens is 461 g/mol. The van der Waals surface area contributed by atoms with Crippen LogP contribution in [0.15, 0.2) is 53.3 Å². The summed E-state index contributed by atoms with van der Waals surface area (Å²) < 4.78 is 55.4. The first-order chi connectivity index (χ1) is 16.4. The molecule has 8 heteroatoms. The van der Waals surface area contributed by atoms with Crippen molar-refractivity contribution in [2.45, 2.75) is 53.3 Å². The number of phenolic OH excluding ortho intramolecular Hbond substituents is 2. The highest BCUT2D eigenvalue weighted by Crippen LogP contribution is 2.49. The van der Waals surface area contributed by atoms with Gasteiger partial charge in [0.2, 0.25) is 0 Å². The molecule has 0 saturated carbocycles. The average Bonchev–Trinajstić information content (AvgIpc) is 2.77. The number of fused-ring (bicyclic) bond motifs is 1. The van der Waals surface area contributed by atoms with Gasteiger partial charge in [-0.2, -0.15) is 0 Å². The summed E-state index contributed by atoms with van der Waals surface area (Å²) in [7, 11) is 1.48. The zero-order chi connectivity index (χ0) is 25.9. The quantitative estimate of drug-likeness (QED) is 0.411. The molecule has 188 valence electrons. The van der Waals surface area contributed by atoms with Crippen LogP contribution in [-0.2, 0) is 24.0 Å². The van der Waals surface area contributed by atoms with Gasteiger partial charge in [-0.05, 0) is 64.8 Å². The molecule has 2 N–H and O–H groups in total. The van der Waals surface area contributed by atoms with Crippen LogP contribution in [0.1, 0.15) is 49.9 Å². The monoisotopic (exact) mass is 490 g/mol. The Morgan fingerprint density at radius 1 is 0.943 bits per heavy atom. The zero-order valence-corrected chi connectivity index (χ0v) is 20.3. The lowest BCUT2D eigenvalue weighted by Crippen LogP contribution is -2.20. The number of methoxy groups -OCH3 is 1. The number of benzene rings is 2. The number of phenols is 2. The van der Waals surface area contributed by atoms with Crippen molar-refractivity contribution in [2.75, 3.05) is 7.11 Å². The topological polar surface area (TPSA) is 68.2 Å². The smallest absolute Gasteiger partial charge is 0.507 e. The molecule has 3 rings (SSSR count). The van der Waals surface area contributed by atoms with Crippen LogP contribution in [0.25, 0.3) is 5.76 Å². The Labute approximate surface area is 202 Å². The molecule has 0 aliphatic carbocycles. The van der Waals surface area contributed by atoms with Crippen LogP contribution in [-0.4, -0.2) is 23.7 Å². The average molecular weight is 491 g/mol. The summed E-state index contributed by atoms with van der Waals surface area (Å²) in [5.74, 6) is -0.450. The first-order valence-corrected chi connectivity index (χ1v) is 11.1. The van der Waals surface area contributed by atoms with Gasteiger partial charge in [-0.1, -0.05) is 23.3 Å². The van der Waals surface area contributed by atoms with Gasteiger partial charge in [0.15, 0.2) is 11.5 Å². The number of aromatic hydroxyl groups is 2. The van der Waals surface area contributed by atoms with E-state index in [9.17, 15) is 23.4 Å². The third kappa shape index (κ3) is 6.12. The van der Waals surface area contributed by atoms with Crippen molar-refractivity contribution in [3.8, 4) is 23.0 Å². The van der Waals surface area contributed by atoms with Crippen LogP contribution in [0.5, 0.6) is 23.0 Å². The fourth-order valence-corrected chi connectivity index (χ4v) is 3.74. The number of hydrogen-bond acceptors (Lipinski definition) is 5. The predicted molar refractivity (Wildman–Crippen MR) is 127 cm³/mol. The van der Waals surface area contributed by atoms with E-state index in [1.54, 1.807) is 24.3 Å². The van der Waals surface area contributed by atoms with Gasteiger partial charge in [0.1, 0.15) is 23.0 Å². The first-order valence-electron chi connectivity index (χ1n) is 11.1. The molecule has 1 heterocycles. The molecule has 0 fully saturated rings. The number of ether oxygens (including phenoxy) is 3. The SMILES string of the molecule is COc1ccc(C2=C(OC(F)(F)F)Cc3c(O)c(CC=C(C)C)c(O)c(CC=C(C)C)c3O2)cc1. The minimum atomic E-state index is -4.96. The number of allylic oxidation sites excluding steroid dienone is 5. The maximum atomic E-state index is 13.3. The van der Waals surface area contributed by atoms with Crippen molar-refractivity contribution in [1.82, 2.24) is 0 Å². The fourth-order valence-electron chi connectivity index (χ4n) is 3.74. The molecule has 0 atom stereocenters. The maximum Gasteiger partial charge on any atom is 0.572 e. The number of hydrogen-bond donors (Lipinski definition) is 2. The molecule has 0 radical (unpaired) electrons. The molecule has 0 unspecified atom stereocenters. The second-order valence-corrected chi connectivity index (χ2v) is 8.74. The van der Waals surface area contributed by atoms with Gasteiger partial charge in [-0.25, -0.2) is 0 Å². The first kappa shape index (κ1) is 26.1. The van der Waals surface area contributed by atoms with Gasteiger partial charge in [-0.15, -0.1) is 13.2 Å². The highest BCUT2D eigenvalue weighted by Gasteiger charge is 2.38. The van der Waals surface area contributed by atoms with Crippen molar-refractivity contribution in [3.63, 3.8) is 0 Å². The minimum Gasteiger partial charge on any atom is -0.507 e. The largest absolute Gasteiger partial charge is 0.572 e. The Bertz CT molecular complexity index is 1180. The van der Waals surface area contributed by atoms with Crippen LogP contribution < -0.4 is 9.47 Å². The van der Waals surface area contributed by atoms with Crippen molar-refractivity contribution in [2.24, 2.45) is 0 Å². The van der Waals surface area contributed by atoms with Crippen LogP contribution in [0.2, 0.25) is 0 Å². The molecule has 1 aliphatic heterocycles. The highest BCUT2D eigenvalue weighted by molar-refractivity contribution is 5.73. The molecule has 2 aromatic rings. The summed E-state index contributed by atoms with van der Waals surface area (Å²) >= 11 is 0. The predicted octanol–water partition coefficient (Wildman–Crippen LogP) is 6.96. The van der Waals surface area contributed by atoms with Gasteiger partial charge in [-0.3, -0.25) is 0 Å². The minimum absolute atomic E-state index is 0.124. The van der Waals surface area contributed by atoms with Crippen LogP contribution >= 0.6 is 0 Å². The lowest BCUT2D eigenvalue weighted by atomic mass is 9.91. The molecule has 35 heavy (non-hydrogen) atoms. The van der Waals surface area contributed by atoms with Gasteiger partial charge in [0.05, 0.1) is 7.11 Å². The Morgan fingerprint density at radius 3 is 2.03 bits per heavy atom. The molecule has 0 aromatic heterocycles. The molecule has 5 nitrogen and oxygen atoms in total. The van der Waals surface area contributed by atoms with Gasteiger partial charge >= 0.3 is 6.36 Å². The summed E-state index contributed by atoms with van der Waals surface area (Å²) in [6.45, 7) is 7.54. The Hall–Kier alpha value is -3.55. The lowest BCUT2D eigenvalue weighted by Gasteiger charge is -2.28. The van der Waals surface area contributed by atoms with Crippen LogP contribution in [0.3, 0.4) is 0 Å². The number of halogens is 3. The van der Waals surface area contributed by atoms with E-state index in [0.717, 1.165) is 11.1 Å². The third-order valence-corrected chi connectivity index (χ3v) is 5.51. The van der Waals surface area contributed by atoms with Crippen molar-refractivity contribution < 1.29 is 37.6 Å². The van der Waals surface area contributed by atoms with E-state index in [2.05, 4.69) is 4.74 Å². The zero-order valence-electron chi connectivity index (χ0n) is 20.3. The van der Waals surface area contributed by atoms with Gasteiger partial charge < -0.3 is 24.4 Å². The molecule has 0 bridgehead atoms. The summed E-state index contributed by atoms with van der Waals surface area (Å²) in [6, 6.07) is 6.29. The lowest BCUT2D eigenvalue weighted by molar-refractivity contribution is -0.306. The number of rotatable bonds is 7. The Morgan fingerprint density at radius 2 is 1.51 bits per heavy atom. The van der Waals surface area contributed by atoms with E-state index in [4.69, 9.17) is 9.47 Å². The standard InChI is InChI=1S/C27H29F3O5/c1-15(2)6-12-19-23(31)20(13-7-16(3)4)26-21(24(19)32)14-22(35-27(28,29)30)25(34-26)17-8-10-18(33-5)11-9-17/h6-11,31-32H,12-14H2,1-5H3. The molecule has 1 aliphatic rings. The molecule has 0 spiro atoms. The normalized spacial score (nSPS) is 13.0. The van der Waals surface area contributed by atoms with Crippen LogP contribution in [0.4, 0.5) is 13.2 Å². The van der Waals surface area contributed by atoms with E-state index >= 15 is 0 Å². The van der Waals surface area contributed by atoms with Crippen molar-refractivity contribution >= 4 is 5.76 Å². The molecular formula is C27H29F3O5. The van der Waals surface area contributed by atoms with E-state index in [1.807, 2.05) is 39.8 Å². The second kappa shape index (κ2) is 10.4. The fraction of sp³-hybridized carbons (Fsp3) is 0.333. The van der Waals surface area contributed by atoms with E-state index in [1.165, 1.54) is 7.11 Å². The Kier molecular flexibility index (Phi) is 7.73. The second-order valence-electron chi connectivity index (χ2n) is 8.74. The maximum absolute atomic E-state index is 13.3. The van der Waals surface area contributed by atoms with Gasteiger partial charge in [0.25, 0.3) is 0 Å². The van der Waals surface area contributed by atoms with Crippen molar-refractivity contribution in [3.05, 3.63) is 75.6 Å². The van der Waals surface area contributed by atoms with E-state index < -0.39 is 12.1 Å². The van der Waals surface area contributed by atoms with E-state index in [-0.39, 0.29) is 53.4 Å².